The highest BCUT2D eigenvalue weighted by molar-refractivity contribution is 5.71. The van der Waals surface area contributed by atoms with Crippen LogP contribution in [-0.2, 0) is 13.1 Å². The number of hydrogen-bond donors (Lipinski definition) is 1. The Morgan fingerprint density at radius 3 is 2.42 bits per heavy atom. The lowest BCUT2D eigenvalue weighted by Crippen LogP contribution is -2.41. The molecule has 1 aromatic heterocycles. The Balaban J connectivity index is 2.01. The standard InChI is InChI=1S/C22H33N3O/c1-6-25-20(13-24-10-8-7-9-19(24)14-26)18(5)22(23-25)21-16(3)11-15(2)12-17(21)4/h11-12,19,26H,6-10,13-14H2,1-5H3. The lowest BCUT2D eigenvalue weighted by Gasteiger charge is -2.34. The fourth-order valence-corrected chi connectivity index (χ4v) is 4.51. The van der Waals surface area contributed by atoms with Crippen LogP contribution in [0.4, 0.5) is 0 Å². The van der Waals surface area contributed by atoms with Gasteiger partial charge in [0.05, 0.1) is 18.0 Å². The molecule has 0 aliphatic carbocycles. The van der Waals surface area contributed by atoms with Gasteiger partial charge in [0.15, 0.2) is 0 Å². The number of aliphatic hydroxyl groups is 1. The normalized spacial score (nSPS) is 18.5. The molecule has 1 aliphatic heterocycles. The monoisotopic (exact) mass is 355 g/mol. The maximum atomic E-state index is 9.75. The minimum atomic E-state index is 0.252. The summed E-state index contributed by atoms with van der Waals surface area (Å²) in [4.78, 5) is 2.44. The molecule has 1 saturated heterocycles. The largest absolute Gasteiger partial charge is 0.395 e. The lowest BCUT2D eigenvalue weighted by atomic mass is 9.95. The number of nitrogens with zero attached hydrogens (tertiary/aromatic N) is 3. The number of aliphatic hydroxyl groups excluding tert-OH is 1. The van der Waals surface area contributed by atoms with Crippen molar-refractivity contribution in [3.05, 3.63) is 40.1 Å². The number of hydrogen-bond acceptors (Lipinski definition) is 3. The molecule has 1 atom stereocenters. The SMILES string of the molecule is CCn1nc(-c2c(C)cc(C)cc2C)c(C)c1CN1CCCCC1CO. The van der Waals surface area contributed by atoms with Gasteiger partial charge in [0, 0.05) is 24.7 Å². The third-order valence-corrected chi connectivity index (χ3v) is 5.85. The maximum absolute atomic E-state index is 9.75. The zero-order chi connectivity index (χ0) is 18.8. The van der Waals surface area contributed by atoms with E-state index in [0.29, 0.717) is 0 Å². The van der Waals surface area contributed by atoms with Crippen LogP contribution in [0.15, 0.2) is 12.1 Å². The number of aromatic nitrogens is 2. The summed E-state index contributed by atoms with van der Waals surface area (Å²) >= 11 is 0. The van der Waals surface area contributed by atoms with Crippen molar-refractivity contribution in [2.24, 2.45) is 0 Å². The first-order chi connectivity index (χ1) is 12.5. The molecule has 1 aromatic carbocycles. The van der Waals surface area contributed by atoms with Gasteiger partial charge in [0.25, 0.3) is 0 Å². The molecular formula is C22H33N3O. The number of benzene rings is 1. The van der Waals surface area contributed by atoms with E-state index in [2.05, 4.69) is 56.3 Å². The molecule has 3 rings (SSSR count). The van der Waals surface area contributed by atoms with Crippen LogP contribution < -0.4 is 0 Å². The van der Waals surface area contributed by atoms with Crippen LogP contribution in [0.2, 0.25) is 0 Å². The molecule has 2 heterocycles. The van der Waals surface area contributed by atoms with Crippen molar-refractivity contribution in [3.63, 3.8) is 0 Å². The zero-order valence-electron chi connectivity index (χ0n) is 17.0. The highest BCUT2D eigenvalue weighted by Crippen LogP contribution is 2.32. The van der Waals surface area contributed by atoms with Gasteiger partial charge in [-0.15, -0.1) is 0 Å². The van der Waals surface area contributed by atoms with Crippen LogP contribution in [-0.4, -0.2) is 39.0 Å². The third-order valence-electron chi connectivity index (χ3n) is 5.85. The van der Waals surface area contributed by atoms with Crippen molar-refractivity contribution in [1.82, 2.24) is 14.7 Å². The molecular weight excluding hydrogens is 322 g/mol. The van der Waals surface area contributed by atoms with E-state index in [-0.39, 0.29) is 12.6 Å². The van der Waals surface area contributed by atoms with E-state index in [9.17, 15) is 5.11 Å². The van der Waals surface area contributed by atoms with Crippen molar-refractivity contribution >= 4 is 0 Å². The molecule has 0 amide bonds. The van der Waals surface area contributed by atoms with Gasteiger partial charge in [-0.1, -0.05) is 24.1 Å². The molecule has 0 saturated carbocycles. The summed E-state index contributed by atoms with van der Waals surface area (Å²) in [6.45, 7) is 14.0. The second-order valence-corrected chi connectivity index (χ2v) is 7.81. The van der Waals surface area contributed by atoms with E-state index in [0.717, 1.165) is 31.7 Å². The Morgan fingerprint density at radius 2 is 1.81 bits per heavy atom. The molecule has 1 unspecified atom stereocenters. The number of aryl methyl sites for hydroxylation is 4. The average molecular weight is 356 g/mol. The van der Waals surface area contributed by atoms with E-state index in [1.165, 1.54) is 46.4 Å². The van der Waals surface area contributed by atoms with Crippen molar-refractivity contribution in [2.75, 3.05) is 13.2 Å². The van der Waals surface area contributed by atoms with Gasteiger partial charge in [-0.3, -0.25) is 9.58 Å². The van der Waals surface area contributed by atoms with E-state index < -0.39 is 0 Å². The second kappa shape index (κ2) is 7.93. The number of rotatable bonds is 5. The first kappa shape index (κ1) is 19.1. The topological polar surface area (TPSA) is 41.3 Å². The number of piperidine rings is 1. The Labute approximate surface area is 157 Å². The summed E-state index contributed by atoms with van der Waals surface area (Å²) in [5, 5.41) is 14.7. The van der Waals surface area contributed by atoms with Crippen molar-refractivity contribution in [3.8, 4) is 11.3 Å². The van der Waals surface area contributed by atoms with Crippen LogP contribution in [0.25, 0.3) is 11.3 Å². The molecule has 1 N–H and O–H groups in total. The van der Waals surface area contributed by atoms with Crippen LogP contribution in [0, 0.1) is 27.7 Å². The molecule has 1 fully saturated rings. The molecule has 142 valence electrons. The Hall–Kier alpha value is -1.65. The van der Waals surface area contributed by atoms with Gasteiger partial charge in [0.2, 0.25) is 0 Å². The van der Waals surface area contributed by atoms with Crippen LogP contribution in [0.5, 0.6) is 0 Å². The predicted octanol–water partition coefficient (Wildman–Crippen LogP) is 4.15. The predicted molar refractivity (Wildman–Crippen MR) is 107 cm³/mol. The van der Waals surface area contributed by atoms with Gasteiger partial charge in [0.1, 0.15) is 0 Å². The van der Waals surface area contributed by atoms with E-state index in [1.807, 2.05) is 0 Å². The average Bonchev–Trinajstić information content (AvgIpc) is 2.91. The molecule has 0 spiro atoms. The highest BCUT2D eigenvalue weighted by Gasteiger charge is 2.25. The fraction of sp³-hybridized carbons (Fsp3) is 0.591. The van der Waals surface area contributed by atoms with Crippen LogP contribution in [0.1, 0.15) is 54.1 Å². The third kappa shape index (κ3) is 3.58. The summed E-state index contributed by atoms with van der Waals surface area (Å²) in [7, 11) is 0. The summed E-state index contributed by atoms with van der Waals surface area (Å²) in [5.41, 5.74) is 8.86. The second-order valence-electron chi connectivity index (χ2n) is 7.81. The van der Waals surface area contributed by atoms with Gasteiger partial charge < -0.3 is 5.11 Å². The van der Waals surface area contributed by atoms with Gasteiger partial charge >= 0.3 is 0 Å². The van der Waals surface area contributed by atoms with Gasteiger partial charge in [-0.25, -0.2) is 0 Å². The molecule has 2 aromatic rings. The maximum Gasteiger partial charge on any atom is 0.0961 e. The molecule has 0 radical (unpaired) electrons. The molecule has 4 nitrogen and oxygen atoms in total. The van der Waals surface area contributed by atoms with E-state index >= 15 is 0 Å². The van der Waals surface area contributed by atoms with Crippen molar-refractivity contribution in [1.29, 1.82) is 0 Å². The molecule has 26 heavy (non-hydrogen) atoms. The molecule has 1 aliphatic rings. The van der Waals surface area contributed by atoms with Crippen LogP contribution in [0.3, 0.4) is 0 Å². The van der Waals surface area contributed by atoms with Crippen molar-refractivity contribution < 1.29 is 5.11 Å². The number of likely N-dealkylation sites (tertiary alicyclic amines) is 1. The highest BCUT2D eigenvalue weighted by atomic mass is 16.3. The van der Waals surface area contributed by atoms with Gasteiger partial charge in [-0.05, 0) is 70.7 Å². The van der Waals surface area contributed by atoms with Gasteiger partial charge in [-0.2, -0.15) is 5.10 Å². The Bertz CT molecular complexity index is 755. The summed E-state index contributed by atoms with van der Waals surface area (Å²) in [6.07, 6.45) is 3.54. The van der Waals surface area contributed by atoms with E-state index in [4.69, 9.17) is 5.10 Å². The summed E-state index contributed by atoms with van der Waals surface area (Å²) < 4.78 is 2.16. The minimum Gasteiger partial charge on any atom is -0.395 e. The smallest absolute Gasteiger partial charge is 0.0961 e. The quantitative estimate of drug-likeness (QED) is 0.876. The van der Waals surface area contributed by atoms with Crippen LogP contribution >= 0.6 is 0 Å². The van der Waals surface area contributed by atoms with Crippen molar-refractivity contribution in [2.45, 2.75) is 73.0 Å². The Kier molecular flexibility index (Phi) is 5.83. The fourth-order valence-electron chi connectivity index (χ4n) is 4.51. The molecule has 4 heteroatoms. The Morgan fingerprint density at radius 1 is 1.12 bits per heavy atom. The summed E-state index contributed by atoms with van der Waals surface area (Å²) in [5.74, 6) is 0. The van der Waals surface area contributed by atoms with E-state index in [1.54, 1.807) is 0 Å². The zero-order valence-corrected chi connectivity index (χ0v) is 17.0. The first-order valence-corrected chi connectivity index (χ1v) is 9.95. The molecule has 0 bridgehead atoms. The summed E-state index contributed by atoms with van der Waals surface area (Å²) in [6, 6.07) is 4.78. The first-order valence-electron chi connectivity index (χ1n) is 9.95. The minimum absolute atomic E-state index is 0.252. The lowest BCUT2D eigenvalue weighted by molar-refractivity contribution is 0.0816.